The van der Waals surface area contributed by atoms with Crippen molar-refractivity contribution in [3.8, 4) is 0 Å². The van der Waals surface area contributed by atoms with Crippen LogP contribution in [0.1, 0.15) is 25.7 Å². The van der Waals surface area contributed by atoms with Crippen LogP contribution in [0.25, 0.3) is 0 Å². The average Bonchev–Trinajstić information content (AvgIpc) is 2.73. The van der Waals surface area contributed by atoms with E-state index in [4.69, 9.17) is 4.84 Å². The third-order valence-corrected chi connectivity index (χ3v) is 5.71. The molecule has 6 nitrogen and oxygen atoms in total. The molecule has 1 aliphatic carbocycles. The Labute approximate surface area is 165 Å². The number of carbonyl (C=O) groups excluding carboxylic acids is 1. The van der Waals surface area contributed by atoms with Gasteiger partial charge in [-0.25, -0.2) is 14.2 Å². The maximum Gasteiger partial charge on any atom is 0.319 e. The number of urea groups is 1. The van der Waals surface area contributed by atoms with Crippen LogP contribution in [0, 0.1) is 5.82 Å². The van der Waals surface area contributed by atoms with Crippen molar-refractivity contribution in [3.05, 3.63) is 53.5 Å². The van der Waals surface area contributed by atoms with Gasteiger partial charge in [0.05, 0.1) is 12.8 Å². The van der Waals surface area contributed by atoms with Crippen LogP contribution >= 0.6 is 0 Å². The predicted octanol–water partition coefficient (Wildman–Crippen LogP) is 3.24. The minimum Gasteiger partial charge on any atom is -0.366 e. The van der Waals surface area contributed by atoms with Gasteiger partial charge >= 0.3 is 6.03 Å². The molecule has 1 atom stereocenters. The quantitative estimate of drug-likeness (QED) is 0.866. The maximum atomic E-state index is 14.0. The van der Waals surface area contributed by atoms with Gasteiger partial charge < -0.3 is 15.1 Å². The molecule has 2 heterocycles. The standard InChI is InChI=1S/C21H27FN4O2/c1-28-26-15-17-7-3-2-6-16(17)14-20(26)23-21(27)25-12-10-24(11-13-25)19-9-5-4-8-18(19)22/h4-5,8-9,14-15,20H,2-3,6-7,10-13H2,1H3,(H,23,27). The lowest BCUT2D eigenvalue weighted by Crippen LogP contribution is -2.56. The fourth-order valence-corrected chi connectivity index (χ4v) is 4.14. The van der Waals surface area contributed by atoms with Crippen molar-refractivity contribution in [3.63, 3.8) is 0 Å². The maximum absolute atomic E-state index is 14.0. The molecule has 1 aromatic rings. The minimum atomic E-state index is -0.307. The Morgan fingerprint density at radius 1 is 1.11 bits per heavy atom. The van der Waals surface area contributed by atoms with Crippen LogP contribution in [0.2, 0.25) is 0 Å². The van der Waals surface area contributed by atoms with E-state index in [2.05, 4.69) is 11.4 Å². The smallest absolute Gasteiger partial charge is 0.319 e. The molecule has 1 unspecified atom stereocenters. The number of nitrogens with one attached hydrogen (secondary N) is 1. The van der Waals surface area contributed by atoms with Gasteiger partial charge in [0.2, 0.25) is 0 Å². The Morgan fingerprint density at radius 2 is 1.82 bits per heavy atom. The summed E-state index contributed by atoms with van der Waals surface area (Å²) in [6.07, 6.45) is 8.31. The highest BCUT2D eigenvalue weighted by molar-refractivity contribution is 5.75. The number of hydroxylamine groups is 2. The van der Waals surface area contributed by atoms with Crippen LogP contribution in [-0.4, -0.2) is 55.4 Å². The summed E-state index contributed by atoms with van der Waals surface area (Å²) in [5.41, 5.74) is 3.21. The van der Waals surface area contributed by atoms with E-state index in [1.165, 1.54) is 30.1 Å². The summed E-state index contributed by atoms with van der Waals surface area (Å²) in [5, 5.41) is 4.77. The zero-order valence-corrected chi connectivity index (χ0v) is 16.2. The highest BCUT2D eigenvalue weighted by Crippen LogP contribution is 2.32. The number of allylic oxidation sites excluding steroid dienone is 2. The number of hydrogen-bond donors (Lipinski definition) is 1. The van der Waals surface area contributed by atoms with Gasteiger partial charge in [-0.05, 0) is 55.0 Å². The largest absolute Gasteiger partial charge is 0.366 e. The summed E-state index contributed by atoms with van der Waals surface area (Å²) in [4.78, 5) is 22.0. The third-order valence-electron chi connectivity index (χ3n) is 5.71. The molecule has 0 aromatic heterocycles. The molecule has 2 amide bonds. The predicted molar refractivity (Wildman–Crippen MR) is 106 cm³/mol. The number of anilines is 1. The normalized spacial score (nSPS) is 22.4. The summed E-state index contributed by atoms with van der Waals surface area (Å²) in [7, 11) is 1.62. The lowest BCUT2D eigenvalue weighted by molar-refractivity contribution is -0.115. The second-order valence-electron chi connectivity index (χ2n) is 7.42. The molecular weight excluding hydrogens is 359 g/mol. The number of hydrogen-bond acceptors (Lipinski definition) is 4. The molecule has 150 valence electrons. The van der Waals surface area contributed by atoms with Crippen molar-refractivity contribution in [2.75, 3.05) is 38.2 Å². The molecule has 2 fully saturated rings. The first-order valence-electron chi connectivity index (χ1n) is 9.95. The second kappa shape index (κ2) is 8.22. The Hall–Kier alpha value is -2.54. The number of fused-ring (bicyclic) bond motifs is 1. The van der Waals surface area contributed by atoms with Crippen molar-refractivity contribution in [2.24, 2.45) is 0 Å². The molecule has 1 saturated heterocycles. The van der Waals surface area contributed by atoms with Gasteiger partial charge in [0.15, 0.2) is 0 Å². The fourth-order valence-electron chi connectivity index (χ4n) is 4.14. The number of rotatable bonds is 3. The number of para-hydroxylation sites is 1. The molecule has 0 bridgehead atoms. The van der Waals surface area contributed by atoms with Gasteiger partial charge in [-0.1, -0.05) is 12.1 Å². The zero-order valence-electron chi connectivity index (χ0n) is 16.2. The number of halogens is 1. The summed E-state index contributed by atoms with van der Waals surface area (Å²) in [6, 6.07) is 6.65. The van der Waals surface area contributed by atoms with Crippen LogP contribution in [-0.2, 0) is 4.84 Å². The van der Waals surface area contributed by atoms with Crippen molar-refractivity contribution in [1.29, 1.82) is 0 Å². The Kier molecular flexibility index (Phi) is 5.52. The number of amides is 2. The monoisotopic (exact) mass is 386 g/mol. The molecule has 1 saturated carbocycles. The number of benzene rings is 1. The highest BCUT2D eigenvalue weighted by atomic mass is 19.1. The van der Waals surface area contributed by atoms with Crippen LogP contribution < -0.4 is 10.2 Å². The summed E-state index contributed by atoms with van der Waals surface area (Å²) in [5.74, 6) is -0.222. The lowest BCUT2D eigenvalue weighted by Gasteiger charge is -2.38. The van der Waals surface area contributed by atoms with E-state index in [0.717, 1.165) is 12.8 Å². The topological polar surface area (TPSA) is 48.1 Å². The number of piperazine rings is 1. The van der Waals surface area contributed by atoms with E-state index in [0.29, 0.717) is 31.9 Å². The zero-order chi connectivity index (χ0) is 19.5. The molecule has 2 aliphatic heterocycles. The van der Waals surface area contributed by atoms with E-state index in [1.54, 1.807) is 29.2 Å². The molecule has 28 heavy (non-hydrogen) atoms. The SMILES string of the molecule is CON1C=C2CCCCC2=CC1NC(=O)N1CCN(c2ccccc2F)CC1. The summed E-state index contributed by atoms with van der Waals surface area (Å²) in [6.45, 7) is 2.32. The minimum absolute atomic E-state index is 0.121. The van der Waals surface area contributed by atoms with E-state index >= 15 is 0 Å². The third kappa shape index (κ3) is 3.85. The Bertz CT molecular complexity index is 786. The first kappa shape index (κ1) is 18.8. The summed E-state index contributed by atoms with van der Waals surface area (Å²) < 4.78 is 14.0. The molecule has 1 aromatic carbocycles. The molecule has 4 rings (SSSR count). The van der Waals surface area contributed by atoms with E-state index in [1.807, 2.05) is 17.2 Å². The average molecular weight is 386 g/mol. The van der Waals surface area contributed by atoms with Crippen LogP contribution in [0.4, 0.5) is 14.9 Å². The Morgan fingerprint density at radius 3 is 2.54 bits per heavy atom. The Balaban J connectivity index is 1.36. The van der Waals surface area contributed by atoms with Gasteiger partial charge in [-0.2, -0.15) is 0 Å². The van der Waals surface area contributed by atoms with Gasteiger partial charge in [-0.15, -0.1) is 0 Å². The first-order chi connectivity index (χ1) is 13.7. The number of carbonyl (C=O) groups is 1. The van der Waals surface area contributed by atoms with E-state index in [9.17, 15) is 9.18 Å². The molecule has 3 aliphatic rings. The second-order valence-corrected chi connectivity index (χ2v) is 7.42. The van der Waals surface area contributed by atoms with Gasteiger partial charge in [0.1, 0.15) is 12.0 Å². The van der Waals surface area contributed by atoms with Crippen molar-refractivity contribution < 1.29 is 14.0 Å². The summed E-state index contributed by atoms with van der Waals surface area (Å²) >= 11 is 0. The number of nitrogens with zero attached hydrogens (tertiary/aromatic N) is 3. The van der Waals surface area contributed by atoms with Crippen LogP contribution in [0.3, 0.4) is 0 Å². The van der Waals surface area contributed by atoms with E-state index in [-0.39, 0.29) is 18.0 Å². The van der Waals surface area contributed by atoms with Crippen LogP contribution in [0.15, 0.2) is 47.7 Å². The van der Waals surface area contributed by atoms with Gasteiger partial charge in [-0.3, -0.25) is 4.84 Å². The first-order valence-corrected chi connectivity index (χ1v) is 9.95. The highest BCUT2D eigenvalue weighted by Gasteiger charge is 2.28. The van der Waals surface area contributed by atoms with Gasteiger partial charge in [0.25, 0.3) is 0 Å². The lowest BCUT2D eigenvalue weighted by atomic mass is 9.88. The van der Waals surface area contributed by atoms with Crippen molar-refractivity contribution in [2.45, 2.75) is 31.8 Å². The fraction of sp³-hybridized carbons (Fsp3) is 0.476. The van der Waals surface area contributed by atoms with Crippen molar-refractivity contribution >= 4 is 11.7 Å². The molecule has 1 N–H and O–H groups in total. The molecule has 0 spiro atoms. The molecular formula is C21H27FN4O2. The molecule has 0 radical (unpaired) electrons. The van der Waals surface area contributed by atoms with Crippen molar-refractivity contribution in [1.82, 2.24) is 15.3 Å². The van der Waals surface area contributed by atoms with Crippen LogP contribution in [0.5, 0.6) is 0 Å². The van der Waals surface area contributed by atoms with E-state index < -0.39 is 0 Å². The van der Waals surface area contributed by atoms with Gasteiger partial charge in [0, 0.05) is 32.4 Å². The molecule has 7 heteroatoms.